The molecule has 0 heterocycles. The molecule has 94 valence electrons. The summed E-state index contributed by atoms with van der Waals surface area (Å²) in [7, 11) is 1.63. The van der Waals surface area contributed by atoms with E-state index < -0.39 is 0 Å². The Morgan fingerprint density at radius 3 is 2.59 bits per heavy atom. The molecule has 1 atom stereocenters. The highest BCUT2D eigenvalue weighted by molar-refractivity contribution is 5.50. The smallest absolute Gasteiger partial charge is 0.155 e. The van der Waals surface area contributed by atoms with Crippen molar-refractivity contribution >= 4 is 6.08 Å². The monoisotopic (exact) mass is 237 g/mol. The van der Waals surface area contributed by atoms with Gasteiger partial charge in [-0.25, -0.2) is 0 Å². The zero-order valence-electron chi connectivity index (χ0n) is 11.6. The highest BCUT2D eigenvalue weighted by Crippen LogP contribution is 2.12. The quantitative estimate of drug-likeness (QED) is 0.682. The van der Waals surface area contributed by atoms with Gasteiger partial charge in [0.15, 0.2) is 6.29 Å². The first-order valence-corrected chi connectivity index (χ1v) is 5.70. The average Bonchev–Trinajstić information content (AvgIpc) is 2.38. The molecule has 0 saturated carbocycles. The van der Waals surface area contributed by atoms with Crippen LogP contribution in [-0.2, 0) is 9.47 Å². The van der Waals surface area contributed by atoms with Crippen LogP contribution in [0.5, 0.6) is 5.75 Å². The lowest BCUT2D eigenvalue weighted by atomic mass is 10.2. The van der Waals surface area contributed by atoms with Crippen LogP contribution in [-0.4, -0.2) is 26.6 Å². The molecule has 0 aromatic heterocycles. The summed E-state index contributed by atoms with van der Waals surface area (Å²) < 4.78 is 23.4. The van der Waals surface area contributed by atoms with Crippen molar-refractivity contribution in [3.63, 3.8) is 0 Å². The predicted octanol–water partition coefficient (Wildman–Crippen LogP) is 3.11. The van der Waals surface area contributed by atoms with Gasteiger partial charge in [-0.15, -0.1) is 0 Å². The minimum Gasteiger partial charge on any atom is -0.497 e. The SMILES string of the molecule is [2H]/C(=C/c1ccc(OC)cc1)COC(C)OCC. The molecule has 1 aromatic rings. The van der Waals surface area contributed by atoms with E-state index in [9.17, 15) is 0 Å². The van der Waals surface area contributed by atoms with Crippen LogP contribution in [0.1, 0.15) is 20.8 Å². The summed E-state index contributed by atoms with van der Waals surface area (Å²) in [6, 6.07) is 7.94. The lowest BCUT2D eigenvalue weighted by molar-refractivity contribution is -0.118. The molecular formula is C14H20O3. The third-order valence-corrected chi connectivity index (χ3v) is 2.19. The van der Waals surface area contributed by atoms with Crippen LogP contribution < -0.4 is 4.74 Å². The van der Waals surface area contributed by atoms with Gasteiger partial charge in [-0.05, 0) is 31.5 Å². The first kappa shape index (κ1) is 12.1. The lowest BCUT2D eigenvalue weighted by Crippen LogP contribution is -2.12. The van der Waals surface area contributed by atoms with Crippen molar-refractivity contribution in [2.45, 2.75) is 20.1 Å². The van der Waals surface area contributed by atoms with Gasteiger partial charge < -0.3 is 14.2 Å². The zero-order valence-corrected chi connectivity index (χ0v) is 10.6. The summed E-state index contributed by atoms with van der Waals surface area (Å²) in [5.41, 5.74) is 0.952. The van der Waals surface area contributed by atoms with Gasteiger partial charge in [-0.2, -0.15) is 0 Å². The molecule has 1 rings (SSSR count). The fraction of sp³-hybridized carbons (Fsp3) is 0.429. The maximum absolute atomic E-state index is 7.78. The Balaban J connectivity index is 2.48. The summed E-state index contributed by atoms with van der Waals surface area (Å²) in [4.78, 5) is 0. The summed E-state index contributed by atoms with van der Waals surface area (Å²) >= 11 is 0. The van der Waals surface area contributed by atoms with E-state index in [0.717, 1.165) is 11.3 Å². The van der Waals surface area contributed by atoms with Crippen LogP contribution in [0, 0.1) is 0 Å². The van der Waals surface area contributed by atoms with Crippen molar-refractivity contribution in [1.82, 2.24) is 0 Å². The van der Waals surface area contributed by atoms with E-state index in [2.05, 4.69) is 0 Å². The Labute approximate surface area is 104 Å². The molecule has 3 heteroatoms. The molecule has 0 fully saturated rings. The van der Waals surface area contributed by atoms with Crippen LogP contribution in [0.15, 0.2) is 30.3 Å². The molecule has 1 unspecified atom stereocenters. The zero-order chi connectivity index (χ0) is 13.4. The van der Waals surface area contributed by atoms with E-state index in [1.807, 2.05) is 38.1 Å². The largest absolute Gasteiger partial charge is 0.497 e. The Morgan fingerprint density at radius 1 is 1.29 bits per heavy atom. The van der Waals surface area contributed by atoms with Crippen LogP contribution in [0.25, 0.3) is 6.08 Å². The highest BCUT2D eigenvalue weighted by atomic mass is 16.7. The Kier molecular flexibility index (Phi) is 5.62. The minimum absolute atomic E-state index is 0.243. The topological polar surface area (TPSA) is 27.7 Å². The van der Waals surface area contributed by atoms with Gasteiger partial charge in [0.2, 0.25) is 0 Å². The number of hydrogen-bond donors (Lipinski definition) is 0. The molecule has 0 spiro atoms. The van der Waals surface area contributed by atoms with Gasteiger partial charge in [-0.1, -0.05) is 24.3 Å². The normalized spacial score (nSPS) is 14.3. The molecule has 3 nitrogen and oxygen atoms in total. The maximum atomic E-state index is 7.78. The first-order chi connectivity index (χ1) is 8.65. The van der Waals surface area contributed by atoms with E-state index in [-0.39, 0.29) is 12.9 Å². The number of hydrogen-bond acceptors (Lipinski definition) is 3. The van der Waals surface area contributed by atoms with Gasteiger partial charge in [0.1, 0.15) is 5.75 Å². The standard InChI is InChI=1S/C14H20O3/c1-4-16-12(2)17-11-5-6-13-7-9-14(15-3)10-8-13/h5-10,12H,4,11H2,1-3H3/b6-5-/i5D. The van der Waals surface area contributed by atoms with E-state index in [1.165, 1.54) is 0 Å². The second kappa shape index (κ2) is 7.87. The van der Waals surface area contributed by atoms with Crippen molar-refractivity contribution in [3.05, 3.63) is 35.9 Å². The molecular weight excluding hydrogens is 216 g/mol. The second-order valence-corrected chi connectivity index (χ2v) is 3.46. The molecule has 0 bridgehead atoms. The number of rotatable bonds is 7. The molecule has 0 amide bonds. The van der Waals surface area contributed by atoms with Crippen molar-refractivity contribution < 1.29 is 15.6 Å². The molecule has 1 aromatic carbocycles. The fourth-order valence-electron chi connectivity index (χ4n) is 1.31. The van der Waals surface area contributed by atoms with Crippen molar-refractivity contribution in [3.8, 4) is 5.75 Å². The highest BCUT2D eigenvalue weighted by Gasteiger charge is 1.97. The average molecular weight is 237 g/mol. The molecule has 0 N–H and O–H groups in total. The summed E-state index contributed by atoms with van der Waals surface area (Å²) in [6.45, 7) is 4.59. The van der Waals surface area contributed by atoms with Crippen molar-refractivity contribution in [2.24, 2.45) is 0 Å². The van der Waals surface area contributed by atoms with Crippen molar-refractivity contribution in [1.29, 1.82) is 0 Å². The van der Waals surface area contributed by atoms with Crippen LogP contribution >= 0.6 is 0 Å². The van der Waals surface area contributed by atoms with Gasteiger partial charge >= 0.3 is 0 Å². The van der Waals surface area contributed by atoms with Crippen LogP contribution in [0.4, 0.5) is 0 Å². The summed E-state index contributed by atoms with van der Waals surface area (Å²) in [6.07, 6.45) is 1.48. The third kappa shape index (κ3) is 5.52. The summed E-state index contributed by atoms with van der Waals surface area (Å²) in [5.74, 6) is 0.805. The van der Waals surface area contributed by atoms with Crippen LogP contribution in [0.3, 0.4) is 0 Å². The molecule has 0 radical (unpaired) electrons. The lowest BCUT2D eigenvalue weighted by Gasteiger charge is -2.10. The third-order valence-electron chi connectivity index (χ3n) is 2.19. The number of methoxy groups -OCH3 is 1. The molecule has 0 saturated heterocycles. The van der Waals surface area contributed by atoms with Gasteiger partial charge in [0.25, 0.3) is 0 Å². The van der Waals surface area contributed by atoms with Crippen LogP contribution in [0.2, 0.25) is 0 Å². The van der Waals surface area contributed by atoms with E-state index in [0.29, 0.717) is 12.7 Å². The maximum Gasteiger partial charge on any atom is 0.155 e. The van der Waals surface area contributed by atoms with E-state index >= 15 is 0 Å². The molecule has 0 aliphatic carbocycles. The van der Waals surface area contributed by atoms with Crippen molar-refractivity contribution in [2.75, 3.05) is 20.3 Å². The molecule has 17 heavy (non-hydrogen) atoms. The van der Waals surface area contributed by atoms with E-state index in [4.69, 9.17) is 15.6 Å². The Bertz CT molecular complexity index is 373. The molecule has 0 aliphatic rings. The summed E-state index contributed by atoms with van der Waals surface area (Å²) in [5, 5.41) is 0. The Morgan fingerprint density at radius 2 is 2.00 bits per heavy atom. The molecule has 0 aliphatic heterocycles. The number of benzene rings is 1. The van der Waals surface area contributed by atoms with Gasteiger partial charge in [0.05, 0.1) is 15.1 Å². The Hall–Kier alpha value is -1.32. The van der Waals surface area contributed by atoms with E-state index in [1.54, 1.807) is 13.2 Å². The predicted molar refractivity (Wildman–Crippen MR) is 69.1 cm³/mol. The minimum atomic E-state index is -0.278. The van der Waals surface area contributed by atoms with Gasteiger partial charge in [-0.3, -0.25) is 0 Å². The fourth-order valence-corrected chi connectivity index (χ4v) is 1.31. The second-order valence-electron chi connectivity index (χ2n) is 3.46. The van der Waals surface area contributed by atoms with Gasteiger partial charge in [0, 0.05) is 6.61 Å². The first-order valence-electron chi connectivity index (χ1n) is 6.20. The number of ether oxygens (including phenoxy) is 3.